The molecule has 0 aromatic carbocycles. The Balaban J connectivity index is 1.68. The minimum Gasteiger partial charge on any atom is -0.377 e. The third-order valence-corrected chi connectivity index (χ3v) is 7.90. The monoisotopic (exact) mass is 389 g/mol. The molecule has 0 aromatic heterocycles. The lowest BCUT2D eigenvalue weighted by Gasteiger charge is -2.39. The Morgan fingerprint density at radius 2 is 1.25 bits per heavy atom. The molecule has 0 saturated heterocycles. The summed E-state index contributed by atoms with van der Waals surface area (Å²) in [5.41, 5.74) is 3.92. The van der Waals surface area contributed by atoms with Crippen LogP contribution in [0.3, 0.4) is 0 Å². The van der Waals surface area contributed by atoms with Crippen LogP contribution in [0.2, 0.25) is 0 Å². The molecule has 0 amide bonds. The lowest BCUT2D eigenvalue weighted by atomic mass is 9.68. The van der Waals surface area contributed by atoms with E-state index in [0.29, 0.717) is 6.10 Å². The number of rotatable bonds is 8. The van der Waals surface area contributed by atoms with Gasteiger partial charge >= 0.3 is 0 Å². The summed E-state index contributed by atoms with van der Waals surface area (Å²) >= 11 is 0. The highest BCUT2D eigenvalue weighted by atomic mass is 16.5. The van der Waals surface area contributed by atoms with Crippen molar-refractivity contribution in [3.8, 4) is 0 Å². The van der Waals surface area contributed by atoms with Gasteiger partial charge in [0.05, 0.1) is 12.7 Å². The molecular formula is C26H47NO. The van der Waals surface area contributed by atoms with Crippen molar-refractivity contribution in [2.45, 2.75) is 109 Å². The highest BCUT2D eigenvalue weighted by Gasteiger charge is 2.32. The standard InChI is InChI=1S/C26H47NO/c1-4-25(21-11-7-5-8-12-21)26(22-13-9-6-10-14-22)23-15-17-24(18-16-23)28-20-19-27(2)3/h21-24H,4-20H2,1-3H3/b26-25-. The van der Waals surface area contributed by atoms with Gasteiger partial charge in [-0.15, -0.1) is 0 Å². The van der Waals surface area contributed by atoms with Gasteiger partial charge in [0, 0.05) is 6.54 Å². The first-order chi connectivity index (χ1) is 13.7. The second kappa shape index (κ2) is 11.7. The van der Waals surface area contributed by atoms with Gasteiger partial charge in [0.25, 0.3) is 0 Å². The number of nitrogens with zero attached hydrogens (tertiary/aromatic N) is 1. The molecule has 162 valence electrons. The second-order valence-corrected chi connectivity index (χ2v) is 10.2. The Morgan fingerprint density at radius 1 is 0.714 bits per heavy atom. The van der Waals surface area contributed by atoms with E-state index in [1.54, 1.807) is 0 Å². The summed E-state index contributed by atoms with van der Waals surface area (Å²) in [6.07, 6.45) is 21.9. The summed E-state index contributed by atoms with van der Waals surface area (Å²) in [5, 5.41) is 0. The second-order valence-electron chi connectivity index (χ2n) is 10.2. The van der Waals surface area contributed by atoms with Gasteiger partial charge in [-0.1, -0.05) is 56.6 Å². The topological polar surface area (TPSA) is 12.5 Å². The minimum atomic E-state index is 0.517. The van der Waals surface area contributed by atoms with E-state index in [9.17, 15) is 0 Å². The molecule has 0 unspecified atom stereocenters. The van der Waals surface area contributed by atoms with Crippen LogP contribution in [-0.2, 0) is 4.74 Å². The van der Waals surface area contributed by atoms with Crippen molar-refractivity contribution >= 4 is 0 Å². The Morgan fingerprint density at radius 3 is 1.79 bits per heavy atom. The smallest absolute Gasteiger partial charge is 0.0596 e. The molecule has 0 N–H and O–H groups in total. The zero-order chi connectivity index (χ0) is 19.8. The van der Waals surface area contributed by atoms with Crippen LogP contribution in [0.4, 0.5) is 0 Å². The fourth-order valence-corrected chi connectivity index (χ4v) is 6.39. The van der Waals surface area contributed by atoms with E-state index in [1.807, 2.05) is 11.1 Å². The SMILES string of the molecule is CC/C(=C(\C1CCCCC1)C1CCC(OCCN(C)C)CC1)C1CCCCC1. The highest BCUT2D eigenvalue weighted by molar-refractivity contribution is 5.24. The lowest BCUT2D eigenvalue weighted by Crippen LogP contribution is -2.29. The summed E-state index contributed by atoms with van der Waals surface area (Å²) in [5.74, 6) is 2.71. The van der Waals surface area contributed by atoms with E-state index >= 15 is 0 Å². The molecule has 3 aliphatic rings. The number of allylic oxidation sites excluding steroid dienone is 2. The number of ether oxygens (including phenoxy) is 1. The molecule has 3 rings (SSSR count). The van der Waals surface area contributed by atoms with E-state index in [-0.39, 0.29) is 0 Å². The van der Waals surface area contributed by atoms with Crippen molar-refractivity contribution in [2.75, 3.05) is 27.2 Å². The first kappa shape index (κ1) is 22.3. The van der Waals surface area contributed by atoms with Crippen LogP contribution in [-0.4, -0.2) is 38.3 Å². The van der Waals surface area contributed by atoms with Crippen molar-refractivity contribution < 1.29 is 4.74 Å². The van der Waals surface area contributed by atoms with Gasteiger partial charge in [-0.2, -0.15) is 0 Å². The fourth-order valence-electron chi connectivity index (χ4n) is 6.39. The molecule has 3 fully saturated rings. The first-order valence-electron chi connectivity index (χ1n) is 12.7. The van der Waals surface area contributed by atoms with Crippen LogP contribution in [0, 0.1) is 17.8 Å². The van der Waals surface area contributed by atoms with Crippen LogP contribution in [0.5, 0.6) is 0 Å². The van der Waals surface area contributed by atoms with Crippen molar-refractivity contribution in [1.29, 1.82) is 0 Å². The average Bonchev–Trinajstić information content (AvgIpc) is 2.73. The first-order valence-corrected chi connectivity index (χ1v) is 12.7. The predicted octanol–water partition coefficient (Wildman–Crippen LogP) is 6.99. The zero-order valence-electron chi connectivity index (χ0n) is 19.2. The lowest BCUT2D eigenvalue weighted by molar-refractivity contribution is 0.0138. The van der Waals surface area contributed by atoms with Gasteiger partial charge in [0.15, 0.2) is 0 Å². The molecular weight excluding hydrogens is 342 g/mol. The van der Waals surface area contributed by atoms with Crippen molar-refractivity contribution in [1.82, 2.24) is 4.90 Å². The molecule has 0 heterocycles. The summed E-state index contributed by atoms with van der Waals surface area (Å²) in [6, 6.07) is 0. The van der Waals surface area contributed by atoms with Crippen LogP contribution in [0.1, 0.15) is 103 Å². The third-order valence-electron chi connectivity index (χ3n) is 7.90. The van der Waals surface area contributed by atoms with E-state index in [1.165, 1.54) is 96.3 Å². The van der Waals surface area contributed by atoms with Crippen molar-refractivity contribution in [2.24, 2.45) is 17.8 Å². The summed E-state index contributed by atoms with van der Waals surface area (Å²) in [7, 11) is 4.28. The van der Waals surface area contributed by atoms with Crippen molar-refractivity contribution in [3.63, 3.8) is 0 Å². The van der Waals surface area contributed by atoms with Crippen LogP contribution >= 0.6 is 0 Å². The van der Waals surface area contributed by atoms with E-state index in [4.69, 9.17) is 4.74 Å². The summed E-state index contributed by atoms with van der Waals surface area (Å²) in [4.78, 5) is 2.23. The Bertz CT molecular complexity index is 463. The average molecular weight is 390 g/mol. The maximum absolute atomic E-state index is 6.21. The van der Waals surface area contributed by atoms with E-state index in [2.05, 4.69) is 25.9 Å². The fraction of sp³-hybridized carbons (Fsp3) is 0.923. The molecule has 28 heavy (non-hydrogen) atoms. The number of hydrogen-bond acceptors (Lipinski definition) is 2. The van der Waals surface area contributed by atoms with Gasteiger partial charge in [-0.3, -0.25) is 0 Å². The highest BCUT2D eigenvalue weighted by Crippen LogP contribution is 2.45. The van der Waals surface area contributed by atoms with Crippen LogP contribution in [0.25, 0.3) is 0 Å². The normalized spacial score (nSPS) is 29.1. The Labute approximate surface area is 175 Å². The molecule has 0 aliphatic heterocycles. The molecule has 0 bridgehead atoms. The van der Waals surface area contributed by atoms with Gasteiger partial charge in [0.1, 0.15) is 0 Å². The molecule has 3 saturated carbocycles. The largest absolute Gasteiger partial charge is 0.377 e. The molecule has 2 nitrogen and oxygen atoms in total. The van der Waals surface area contributed by atoms with Gasteiger partial charge in [-0.25, -0.2) is 0 Å². The molecule has 0 aromatic rings. The molecule has 0 radical (unpaired) electrons. The van der Waals surface area contributed by atoms with Gasteiger partial charge in [-0.05, 0) is 89.6 Å². The maximum Gasteiger partial charge on any atom is 0.0596 e. The van der Waals surface area contributed by atoms with Crippen LogP contribution < -0.4 is 0 Å². The summed E-state index contributed by atoms with van der Waals surface area (Å²) in [6.45, 7) is 4.41. The van der Waals surface area contributed by atoms with Crippen molar-refractivity contribution in [3.05, 3.63) is 11.1 Å². The van der Waals surface area contributed by atoms with Crippen LogP contribution in [0.15, 0.2) is 11.1 Å². The number of hydrogen-bond donors (Lipinski definition) is 0. The Kier molecular flexibility index (Phi) is 9.37. The molecule has 0 atom stereocenters. The molecule has 2 heteroatoms. The predicted molar refractivity (Wildman–Crippen MR) is 121 cm³/mol. The van der Waals surface area contributed by atoms with Gasteiger partial charge < -0.3 is 9.64 Å². The minimum absolute atomic E-state index is 0.517. The summed E-state index contributed by atoms with van der Waals surface area (Å²) < 4.78 is 6.21. The quantitative estimate of drug-likeness (QED) is 0.415. The zero-order valence-corrected chi connectivity index (χ0v) is 19.2. The van der Waals surface area contributed by atoms with E-state index < -0.39 is 0 Å². The van der Waals surface area contributed by atoms with E-state index in [0.717, 1.165) is 30.9 Å². The number of likely N-dealkylation sites (N-methyl/N-ethyl adjacent to an activating group) is 1. The molecule has 3 aliphatic carbocycles. The molecule has 0 spiro atoms. The maximum atomic E-state index is 6.21. The Hall–Kier alpha value is -0.340. The third kappa shape index (κ3) is 6.33. The van der Waals surface area contributed by atoms with Gasteiger partial charge in [0.2, 0.25) is 0 Å².